The van der Waals surface area contributed by atoms with Crippen molar-refractivity contribution in [3.8, 4) is 5.75 Å². The van der Waals surface area contributed by atoms with Crippen LogP contribution in [0.25, 0.3) is 0 Å². The van der Waals surface area contributed by atoms with Gasteiger partial charge >= 0.3 is 0 Å². The largest absolute Gasteiger partial charge is 0.497 e. The molecule has 0 bridgehead atoms. The molecule has 0 aliphatic carbocycles. The lowest BCUT2D eigenvalue weighted by atomic mass is 10.1. The van der Waals surface area contributed by atoms with E-state index in [-0.39, 0.29) is 6.42 Å². The Hall–Kier alpha value is -1.71. The van der Waals surface area contributed by atoms with Crippen molar-refractivity contribution in [3.05, 3.63) is 29.8 Å². The highest BCUT2D eigenvalue weighted by atomic mass is 19.1. The average Bonchev–Trinajstić information content (AvgIpc) is 2.29. The maximum Gasteiger partial charge on any atom is 0.176 e. The van der Waals surface area contributed by atoms with Crippen molar-refractivity contribution in [1.82, 2.24) is 0 Å². The van der Waals surface area contributed by atoms with E-state index in [1.54, 1.807) is 24.3 Å². The normalized spacial score (nSPS) is 11.9. The van der Waals surface area contributed by atoms with Crippen LogP contribution in [0.5, 0.6) is 5.75 Å². The Kier molecular flexibility index (Phi) is 3.97. The zero-order valence-electron chi connectivity index (χ0n) is 8.37. The fraction of sp³-hybridized carbons (Fsp3) is 0.273. The lowest BCUT2D eigenvalue weighted by molar-refractivity contribution is -0.113. The summed E-state index contributed by atoms with van der Waals surface area (Å²) in [6.07, 6.45) is -1.00. The van der Waals surface area contributed by atoms with Crippen LogP contribution in [0.15, 0.2) is 24.3 Å². The van der Waals surface area contributed by atoms with E-state index in [4.69, 9.17) is 10.1 Å². The number of carbonyl (C=O) groups is 1. The Morgan fingerprint density at radius 2 is 2.13 bits per heavy atom. The van der Waals surface area contributed by atoms with Crippen molar-refractivity contribution in [3.63, 3.8) is 0 Å². The topological polar surface area (TPSA) is 50.2 Å². The third kappa shape index (κ3) is 3.16. The van der Waals surface area contributed by atoms with Gasteiger partial charge in [0.05, 0.1) is 13.3 Å². The maximum atomic E-state index is 13.4. The molecule has 0 aliphatic rings. The Morgan fingerprint density at radius 1 is 1.53 bits per heavy atom. The summed E-state index contributed by atoms with van der Waals surface area (Å²) in [7, 11) is 1.53. The van der Waals surface area contributed by atoms with Crippen molar-refractivity contribution >= 4 is 12.0 Å². The molecule has 1 atom stereocenters. The SMILES string of the molecule is COc1ccc(C(F)CC(=O)C=N)cc1. The zero-order valence-corrected chi connectivity index (χ0v) is 8.37. The first-order valence-electron chi connectivity index (χ1n) is 4.48. The third-order valence-corrected chi connectivity index (χ3v) is 2.02. The molecule has 1 rings (SSSR count). The molecule has 80 valence electrons. The Balaban J connectivity index is 2.69. The van der Waals surface area contributed by atoms with Gasteiger partial charge in [0.15, 0.2) is 5.78 Å². The summed E-state index contributed by atoms with van der Waals surface area (Å²) in [5.74, 6) is 0.127. The number of benzene rings is 1. The number of nitrogens with one attached hydrogen (secondary N) is 1. The zero-order chi connectivity index (χ0) is 11.3. The first kappa shape index (κ1) is 11.4. The molecule has 0 heterocycles. The highest BCUT2D eigenvalue weighted by Gasteiger charge is 2.13. The van der Waals surface area contributed by atoms with Gasteiger partial charge in [0.1, 0.15) is 11.9 Å². The van der Waals surface area contributed by atoms with Gasteiger partial charge in [-0.1, -0.05) is 12.1 Å². The van der Waals surface area contributed by atoms with Crippen LogP contribution in [0.4, 0.5) is 4.39 Å². The first-order chi connectivity index (χ1) is 7.17. The van der Waals surface area contributed by atoms with Crippen molar-refractivity contribution in [1.29, 1.82) is 5.41 Å². The highest BCUT2D eigenvalue weighted by Crippen LogP contribution is 2.23. The number of Topliss-reactive ketones (excluding diaryl/α,β-unsaturated/α-hetero) is 1. The molecule has 0 spiro atoms. The van der Waals surface area contributed by atoms with Crippen molar-refractivity contribution in [2.24, 2.45) is 0 Å². The van der Waals surface area contributed by atoms with Gasteiger partial charge in [0.2, 0.25) is 0 Å². The molecule has 0 fully saturated rings. The molecule has 0 amide bonds. The van der Waals surface area contributed by atoms with Crippen LogP contribution < -0.4 is 4.74 Å². The Labute approximate surface area is 87.4 Å². The van der Waals surface area contributed by atoms with E-state index in [2.05, 4.69) is 0 Å². The quantitative estimate of drug-likeness (QED) is 0.756. The standard InChI is InChI=1S/C11H12FNO2/c1-15-10-4-2-8(3-5-10)11(12)6-9(14)7-13/h2-5,7,11,13H,6H2,1H3. The average molecular weight is 209 g/mol. The van der Waals surface area contributed by atoms with Crippen LogP contribution in [0, 0.1) is 5.41 Å². The van der Waals surface area contributed by atoms with Gasteiger partial charge in [-0.2, -0.15) is 0 Å². The molecular formula is C11H12FNO2. The van der Waals surface area contributed by atoms with Gasteiger partial charge in [-0.15, -0.1) is 0 Å². The second kappa shape index (κ2) is 5.24. The van der Waals surface area contributed by atoms with E-state index in [0.29, 0.717) is 17.5 Å². The number of hydrogen-bond donors (Lipinski definition) is 1. The fourth-order valence-corrected chi connectivity index (χ4v) is 1.17. The molecular weight excluding hydrogens is 197 g/mol. The van der Waals surface area contributed by atoms with E-state index in [1.807, 2.05) is 0 Å². The molecule has 0 radical (unpaired) electrons. The minimum Gasteiger partial charge on any atom is -0.497 e. The number of halogens is 1. The summed E-state index contributed by atoms with van der Waals surface area (Å²) < 4.78 is 18.4. The number of ketones is 1. The Morgan fingerprint density at radius 3 is 2.60 bits per heavy atom. The number of ether oxygens (including phenoxy) is 1. The molecule has 3 nitrogen and oxygen atoms in total. The smallest absolute Gasteiger partial charge is 0.176 e. The van der Waals surface area contributed by atoms with Crippen molar-refractivity contribution < 1.29 is 13.9 Å². The molecule has 1 N–H and O–H groups in total. The molecule has 15 heavy (non-hydrogen) atoms. The van der Waals surface area contributed by atoms with Crippen molar-refractivity contribution in [2.75, 3.05) is 7.11 Å². The molecule has 4 heteroatoms. The minimum absolute atomic E-state index is 0.282. The van der Waals surface area contributed by atoms with Gasteiger partial charge in [-0.3, -0.25) is 4.79 Å². The summed E-state index contributed by atoms with van der Waals surface area (Å²) in [6, 6.07) is 6.41. The van der Waals surface area contributed by atoms with Crippen molar-refractivity contribution in [2.45, 2.75) is 12.6 Å². The number of hydrogen-bond acceptors (Lipinski definition) is 3. The summed E-state index contributed by atoms with van der Waals surface area (Å²) in [6.45, 7) is 0. The maximum absolute atomic E-state index is 13.4. The molecule has 0 saturated heterocycles. The van der Waals surface area contributed by atoms with Crippen LogP contribution in [-0.2, 0) is 4.79 Å². The summed E-state index contributed by atoms with van der Waals surface area (Å²) in [5.41, 5.74) is 0.422. The lowest BCUT2D eigenvalue weighted by Gasteiger charge is -2.06. The second-order valence-corrected chi connectivity index (χ2v) is 3.06. The number of methoxy groups -OCH3 is 1. The predicted octanol–water partition coefficient (Wildman–Crippen LogP) is 2.31. The molecule has 1 unspecified atom stereocenters. The van der Waals surface area contributed by atoms with Crippen LogP contribution >= 0.6 is 0 Å². The number of alkyl halides is 1. The number of carbonyl (C=O) groups excluding carboxylic acids is 1. The van der Waals surface area contributed by atoms with E-state index in [1.165, 1.54) is 7.11 Å². The molecule has 1 aromatic rings. The highest BCUT2D eigenvalue weighted by molar-refractivity contribution is 6.26. The van der Waals surface area contributed by atoms with Gasteiger partial charge in [0.25, 0.3) is 0 Å². The van der Waals surface area contributed by atoms with E-state index >= 15 is 0 Å². The molecule has 0 saturated carbocycles. The lowest BCUT2D eigenvalue weighted by Crippen LogP contribution is -2.03. The Bertz CT molecular complexity index is 348. The van der Waals surface area contributed by atoms with Crippen LogP contribution in [-0.4, -0.2) is 19.1 Å². The van der Waals surface area contributed by atoms with E-state index < -0.39 is 12.0 Å². The van der Waals surface area contributed by atoms with Gasteiger partial charge in [0, 0.05) is 6.42 Å². The minimum atomic E-state index is -1.36. The molecule has 0 aliphatic heterocycles. The van der Waals surface area contributed by atoms with Gasteiger partial charge in [-0.05, 0) is 17.7 Å². The first-order valence-corrected chi connectivity index (χ1v) is 4.48. The summed E-state index contributed by atoms with van der Waals surface area (Å²) in [5, 5.41) is 6.67. The van der Waals surface area contributed by atoms with E-state index in [0.717, 1.165) is 0 Å². The van der Waals surface area contributed by atoms with Gasteiger partial charge in [-0.25, -0.2) is 4.39 Å². The monoisotopic (exact) mass is 209 g/mol. The summed E-state index contributed by atoms with van der Waals surface area (Å²) in [4.78, 5) is 10.8. The summed E-state index contributed by atoms with van der Waals surface area (Å²) >= 11 is 0. The van der Waals surface area contributed by atoms with Crippen LogP contribution in [0.1, 0.15) is 18.2 Å². The van der Waals surface area contributed by atoms with E-state index in [9.17, 15) is 9.18 Å². The predicted molar refractivity (Wildman–Crippen MR) is 55.3 cm³/mol. The van der Waals surface area contributed by atoms with Crippen LogP contribution in [0.3, 0.4) is 0 Å². The number of rotatable bonds is 5. The van der Waals surface area contributed by atoms with Gasteiger partial charge < -0.3 is 10.1 Å². The molecule has 1 aromatic carbocycles. The van der Waals surface area contributed by atoms with Crippen LogP contribution in [0.2, 0.25) is 0 Å². The third-order valence-electron chi connectivity index (χ3n) is 2.02. The fourth-order valence-electron chi connectivity index (χ4n) is 1.17. The molecule has 0 aromatic heterocycles. The second-order valence-electron chi connectivity index (χ2n) is 3.06.